The molecule has 2 aliphatic rings. The van der Waals surface area contributed by atoms with Crippen LogP contribution in [0, 0.1) is 11.2 Å². The summed E-state index contributed by atoms with van der Waals surface area (Å²) in [5.41, 5.74) is 0.558. The number of alkyl halides is 3. The Kier molecular flexibility index (Phi) is 5.87. The minimum atomic E-state index is -4.47. The van der Waals surface area contributed by atoms with Crippen LogP contribution in [0.5, 0.6) is 5.75 Å². The third-order valence-corrected chi connectivity index (χ3v) is 6.70. The van der Waals surface area contributed by atoms with Crippen molar-refractivity contribution in [1.29, 1.82) is 0 Å². The Balaban J connectivity index is 1.62. The number of anilines is 2. The van der Waals surface area contributed by atoms with Crippen LogP contribution in [-0.4, -0.2) is 25.4 Å². The first-order chi connectivity index (χ1) is 15.4. The lowest BCUT2D eigenvalue weighted by molar-refractivity contribution is -0.219. The van der Waals surface area contributed by atoms with Crippen molar-refractivity contribution in [1.82, 2.24) is 0 Å². The summed E-state index contributed by atoms with van der Waals surface area (Å²) in [5, 5.41) is 6.37. The molecule has 3 nitrogen and oxygen atoms in total. The van der Waals surface area contributed by atoms with Crippen LogP contribution in [0.3, 0.4) is 0 Å². The Hall–Kier alpha value is -2.70. The van der Waals surface area contributed by atoms with Gasteiger partial charge in [0.1, 0.15) is 11.6 Å². The van der Waals surface area contributed by atoms with Crippen molar-refractivity contribution in [2.24, 2.45) is 5.41 Å². The van der Waals surface area contributed by atoms with E-state index in [0.29, 0.717) is 35.6 Å². The van der Waals surface area contributed by atoms with Gasteiger partial charge in [-0.15, -0.1) is 0 Å². The van der Waals surface area contributed by atoms with Crippen molar-refractivity contribution >= 4 is 17.5 Å². The molecule has 0 bridgehead atoms. The first-order valence-electron chi connectivity index (χ1n) is 11.2. The minimum absolute atomic E-state index is 0.157. The molecule has 2 aromatic carbocycles. The van der Waals surface area contributed by atoms with Gasteiger partial charge in [0.25, 0.3) is 0 Å². The number of fused-ring (bicyclic) bond motifs is 2. The van der Waals surface area contributed by atoms with Crippen molar-refractivity contribution in [3.8, 4) is 5.75 Å². The quantitative estimate of drug-likeness (QED) is 0.457. The van der Waals surface area contributed by atoms with E-state index in [9.17, 15) is 17.6 Å². The van der Waals surface area contributed by atoms with Crippen LogP contribution in [0.2, 0.25) is 0 Å². The summed E-state index contributed by atoms with van der Waals surface area (Å²) in [6.07, 6.45) is -0.222. The van der Waals surface area contributed by atoms with Gasteiger partial charge >= 0.3 is 6.18 Å². The molecule has 0 amide bonds. The molecule has 0 spiro atoms. The molecule has 2 heterocycles. The van der Waals surface area contributed by atoms with Gasteiger partial charge in [0, 0.05) is 47.1 Å². The van der Waals surface area contributed by atoms with Crippen LogP contribution in [0.4, 0.5) is 28.9 Å². The van der Waals surface area contributed by atoms with Gasteiger partial charge in [-0.1, -0.05) is 32.1 Å². The van der Waals surface area contributed by atoms with Crippen LogP contribution in [0.1, 0.15) is 50.8 Å². The van der Waals surface area contributed by atoms with Gasteiger partial charge in [0.05, 0.1) is 12.0 Å². The van der Waals surface area contributed by atoms with E-state index < -0.39 is 22.8 Å². The maximum absolute atomic E-state index is 14.4. The highest BCUT2D eigenvalue weighted by Gasteiger charge is 2.53. The zero-order valence-electron chi connectivity index (χ0n) is 19.4. The Morgan fingerprint density at radius 3 is 2.64 bits per heavy atom. The molecule has 0 saturated carbocycles. The third kappa shape index (κ3) is 4.55. The van der Waals surface area contributed by atoms with E-state index in [2.05, 4.69) is 10.6 Å². The van der Waals surface area contributed by atoms with E-state index in [-0.39, 0.29) is 19.0 Å². The van der Waals surface area contributed by atoms with E-state index in [1.165, 1.54) is 19.1 Å². The fourth-order valence-electron chi connectivity index (χ4n) is 4.95. The Labute approximate surface area is 192 Å². The lowest BCUT2D eigenvalue weighted by Crippen LogP contribution is -2.45. The number of ether oxygens (including phenoxy) is 1. The number of hydrogen-bond donors (Lipinski definition) is 2. The maximum Gasteiger partial charge on any atom is 0.395 e. The SMILES string of the molecule is CC1C=Cc2c(NCC(C)(CC(C)(C)c3cc(F)cc4c3OCC4)C(F)(F)F)cccc2N1. The van der Waals surface area contributed by atoms with Gasteiger partial charge in [-0.2, -0.15) is 13.2 Å². The molecule has 2 aromatic rings. The van der Waals surface area contributed by atoms with Gasteiger partial charge < -0.3 is 15.4 Å². The topological polar surface area (TPSA) is 33.3 Å². The Morgan fingerprint density at radius 2 is 1.91 bits per heavy atom. The summed E-state index contributed by atoms with van der Waals surface area (Å²) in [6.45, 7) is 6.80. The molecule has 7 heteroatoms. The van der Waals surface area contributed by atoms with E-state index in [1.54, 1.807) is 19.9 Å². The average molecular weight is 463 g/mol. The van der Waals surface area contributed by atoms with E-state index in [1.807, 2.05) is 31.2 Å². The molecule has 4 rings (SSSR count). The number of benzene rings is 2. The molecule has 0 radical (unpaired) electrons. The van der Waals surface area contributed by atoms with E-state index in [0.717, 1.165) is 11.3 Å². The first kappa shape index (κ1) is 23.5. The molecule has 0 aromatic heterocycles. The van der Waals surface area contributed by atoms with Crippen LogP contribution < -0.4 is 15.4 Å². The van der Waals surface area contributed by atoms with Gasteiger partial charge in [0.2, 0.25) is 0 Å². The highest BCUT2D eigenvalue weighted by molar-refractivity contribution is 5.80. The zero-order chi connectivity index (χ0) is 24.0. The molecule has 0 saturated heterocycles. The van der Waals surface area contributed by atoms with Gasteiger partial charge in [-0.05, 0) is 49.9 Å². The second-order valence-electron chi connectivity index (χ2n) is 10.1. The number of nitrogens with one attached hydrogen (secondary N) is 2. The third-order valence-electron chi connectivity index (χ3n) is 6.70. The zero-order valence-corrected chi connectivity index (χ0v) is 19.4. The summed E-state index contributed by atoms with van der Waals surface area (Å²) >= 11 is 0. The predicted molar refractivity (Wildman–Crippen MR) is 124 cm³/mol. The van der Waals surface area contributed by atoms with Crippen LogP contribution in [0.15, 0.2) is 36.4 Å². The normalized spacial score (nSPS) is 19.2. The van der Waals surface area contributed by atoms with Crippen molar-refractivity contribution in [2.75, 3.05) is 23.8 Å². The van der Waals surface area contributed by atoms with Gasteiger partial charge in [0.15, 0.2) is 0 Å². The summed E-state index contributed by atoms with van der Waals surface area (Å²) < 4.78 is 63.2. The largest absolute Gasteiger partial charge is 0.493 e. The standard InChI is InChI=1S/C26H30F4N2O/c1-16-8-9-19-21(6-5-7-22(19)32-16)31-15-25(4,26(28,29)30)14-24(2,3)20-13-18(27)12-17-10-11-33-23(17)20/h5-9,12-13,16,31-32H,10-11,14-15H2,1-4H3. The monoisotopic (exact) mass is 462 g/mol. The van der Waals surface area contributed by atoms with Gasteiger partial charge in [-0.3, -0.25) is 0 Å². The molecule has 2 atom stereocenters. The molecule has 33 heavy (non-hydrogen) atoms. The Morgan fingerprint density at radius 1 is 1.15 bits per heavy atom. The lowest BCUT2D eigenvalue weighted by Gasteiger charge is -2.40. The van der Waals surface area contributed by atoms with Crippen molar-refractivity contribution in [3.63, 3.8) is 0 Å². The summed E-state index contributed by atoms with van der Waals surface area (Å²) in [6, 6.07) is 8.41. The fraction of sp³-hybridized carbons (Fsp3) is 0.462. The second-order valence-corrected chi connectivity index (χ2v) is 10.1. The minimum Gasteiger partial charge on any atom is -0.493 e. The smallest absolute Gasteiger partial charge is 0.395 e. The van der Waals surface area contributed by atoms with Crippen LogP contribution >= 0.6 is 0 Å². The Bertz CT molecular complexity index is 1080. The summed E-state index contributed by atoms with van der Waals surface area (Å²) in [5.74, 6) is 0.0833. The second kappa shape index (κ2) is 8.26. The number of rotatable bonds is 6. The molecule has 2 unspecified atom stereocenters. The molecule has 2 N–H and O–H groups in total. The predicted octanol–water partition coefficient (Wildman–Crippen LogP) is 6.94. The van der Waals surface area contributed by atoms with E-state index >= 15 is 0 Å². The number of hydrogen-bond acceptors (Lipinski definition) is 3. The highest BCUT2D eigenvalue weighted by atomic mass is 19.4. The highest BCUT2D eigenvalue weighted by Crippen LogP contribution is 2.50. The maximum atomic E-state index is 14.4. The molecule has 0 aliphatic carbocycles. The average Bonchev–Trinajstić information content (AvgIpc) is 3.18. The van der Waals surface area contributed by atoms with Crippen molar-refractivity contribution in [2.45, 2.75) is 58.2 Å². The molecular formula is C26H30F4N2O. The van der Waals surface area contributed by atoms with Crippen molar-refractivity contribution < 1.29 is 22.3 Å². The lowest BCUT2D eigenvalue weighted by atomic mass is 9.69. The fourth-order valence-corrected chi connectivity index (χ4v) is 4.95. The van der Waals surface area contributed by atoms with Crippen LogP contribution in [-0.2, 0) is 11.8 Å². The molecular weight excluding hydrogens is 432 g/mol. The summed E-state index contributed by atoms with van der Waals surface area (Å²) in [7, 11) is 0. The van der Waals surface area contributed by atoms with E-state index in [4.69, 9.17) is 4.74 Å². The molecule has 178 valence electrons. The molecule has 2 aliphatic heterocycles. The van der Waals surface area contributed by atoms with Crippen LogP contribution in [0.25, 0.3) is 6.08 Å². The number of halogens is 4. The van der Waals surface area contributed by atoms with Crippen molar-refractivity contribution in [3.05, 3.63) is 58.9 Å². The molecule has 0 fully saturated rings. The van der Waals surface area contributed by atoms with Gasteiger partial charge in [-0.25, -0.2) is 4.39 Å². The first-order valence-corrected chi connectivity index (χ1v) is 11.2. The summed E-state index contributed by atoms with van der Waals surface area (Å²) in [4.78, 5) is 0.